The molecule has 0 bridgehead atoms. The number of hydrogen-bond acceptors (Lipinski definition) is 0. The number of hydrogen-bond donors (Lipinski definition) is 0. The smallest absolute Gasteiger partial charge is 0.147 e. The summed E-state index contributed by atoms with van der Waals surface area (Å²) in [6, 6.07) is 26.0. The van der Waals surface area contributed by atoms with Gasteiger partial charge in [0.25, 0.3) is 0 Å². The van der Waals surface area contributed by atoms with Crippen LogP contribution in [0.15, 0.2) is 97.2 Å². The van der Waals surface area contributed by atoms with E-state index in [0.29, 0.717) is 0 Å². The molecule has 0 atom stereocenters. The summed E-state index contributed by atoms with van der Waals surface area (Å²) in [5.41, 5.74) is 14.8. The van der Waals surface area contributed by atoms with Gasteiger partial charge in [-0.25, -0.2) is 0 Å². The van der Waals surface area contributed by atoms with Crippen LogP contribution in [0.5, 0.6) is 0 Å². The molecule has 0 unspecified atom stereocenters. The Labute approximate surface area is 351 Å². The molecule has 0 fully saturated rings. The summed E-state index contributed by atoms with van der Waals surface area (Å²) in [7, 11) is 0. The molecule has 0 amide bonds. The molecule has 0 saturated carbocycles. The summed E-state index contributed by atoms with van der Waals surface area (Å²) in [4.78, 5) is 0. The molecule has 4 aromatic carbocycles. The summed E-state index contributed by atoms with van der Waals surface area (Å²) >= 11 is 4.77. The summed E-state index contributed by atoms with van der Waals surface area (Å²) in [5.74, 6) is 0. The molecule has 276 valence electrons. The van der Waals surface area contributed by atoms with Crippen LogP contribution in [0, 0.1) is 0 Å². The van der Waals surface area contributed by atoms with E-state index in [4.69, 9.17) is 0 Å². The number of allylic oxidation sites excluding steroid dienone is 4. The topological polar surface area (TPSA) is 0 Å². The minimum atomic E-state index is -2.98. The zero-order valence-corrected chi connectivity index (χ0v) is 40.3. The van der Waals surface area contributed by atoms with Crippen molar-refractivity contribution in [3.63, 3.8) is 0 Å². The van der Waals surface area contributed by atoms with Crippen molar-refractivity contribution < 1.29 is 21.3 Å². The first-order chi connectivity index (χ1) is 23.2. The van der Waals surface area contributed by atoms with Gasteiger partial charge in [-0.15, -0.1) is 24.8 Å². The maximum atomic E-state index is 3.88. The molecule has 0 aromatic heterocycles. The molecule has 0 aliphatic heterocycles. The van der Waals surface area contributed by atoms with E-state index in [-0.39, 0.29) is 46.5 Å². The quantitative estimate of drug-likeness (QED) is 0.168. The Kier molecular flexibility index (Phi) is 13.1. The van der Waals surface area contributed by atoms with Crippen LogP contribution in [-0.2, 0) is 49.3 Å². The third kappa shape index (κ3) is 8.55. The van der Waals surface area contributed by atoms with Crippen LogP contribution < -0.4 is 3.27 Å². The second kappa shape index (κ2) is 15.7. The van der Waals surface area contributed by atoms with Gasteiger partial charge in [0.2, 0.25) is 0 Å². The van der Waals surface area contributed by atoms with E-state index in [1.807, 2.05) is 0 Å². The number of fused-ring (bicyclic) bond motifs is 3. The molecule has 2 aliphatic carbocycles. The molecular formula is C47H56Br2Cl2Zr. The maximum Gasteiger partial charge on any atom is -0.147 e. The molecule has 0 spiro atoms. The van der Waals surface area contributed by atoms with Crippen molar-refractivity contribution in [2.45, 2.75) is 118 Å². The number of halogens is 4. The zero-order valence-electron chi connectivity index (χ0n) is 33.1. The monoisotopic (exact) mass is 938 g/mol. The van der Waals surface area contributed by atoms with Gasteiger partial charge in [0, 0.05) is 0 Å². The van der Waals surface area contributed by atoms with E-state index in [1.54, 1.807) is 20.9 Å². The fourth-order valence-corrected chi connectivity index (χ4v) is 17.9. The molecule has 2 aliphatic rings. The Bertz CT molecular complexity index is 2060. The van der Waals surface area contributed by atoms with Crippen molar-refractivity contribution in [3.05, 3.63) is 142 Å². The maximum absolute atomic E-state index is 3.88. The van der Waals surface area contributed by atoms with Gasteiger partial charge < -0.3 is 0 Å². The van der Waals surface area contributed by atoms with E-state index in [1.165, 1.54) is 44.5 Å². The minimum Gasteiger partial charge on any atom is -0.147 e. The van der Waals surface area contributed by atoms with Crippen LogP contribution in [0.3, 0.4) is 0 Å². The Hall–Kier alpha value is -1.35. The van der Waals surface area contributed by atoms with Gasteiger partial charge in [0.05, 0.1) is 0 Å². The average molecular weight is 943 g/mol. The molecule has 0 nitrogen and oxygen atoms in total. The second-order valence-electron chi connectivity index (χ2n) is 18.5. The van der Waals surface area contributed by atoms with E-state index < -0.39 is 21.3 Å². The normalized spacial score (nSPS) is 13.9. The Balaban J connectivity index is 0.00000302. The molecule has 0 heterocycles. The largest absolute Gasteiger partial charge is 0.147 e. The van der Waals surface area contributed by atoms with Gasteiger partial charge in [0.15, 0.2) is 0 Å². The van der Waals surface area contributed by atoms with E-state index in [9.17, 15) is 0 Å². The van der Waals surface area contributed by atoms with Crippen molar-refractivity contribution >= 4 is 63.2 Å². The molecule has 0 saturated heterocycles. The van der Waals surface area contributed by atoms with Crippen LogP contribution in [0.1, 0.15) is 134 Å². The first-order valence-electron chi connectivity index (χ1n) is 18.2. The number of rotatable bonds is 4. The third-order valence-electron chi connectivity index (χ3n) is 10.3. The molecule has 4 aromatic rings. The Morgan fingerprint density at radius 2 is 1.10 bits per heavy atom. The summed E-state index contributed by atoms with van der Waals surface area (Å²) < 4.78 is 7.18. The van der Waals surface area contributed by atoms with Gasteiger partial charge in [-0.1, -0.05) is 0 Å². The van der Waals surface area contributed by atoms with Crippen molar-refractivity contribution in [1.82, 2.24) is 0 Å². The van der Waals surface area contributed by atoms with Crippen LogP contribution in [0.2, 0.25) is 0 Å². The Morgan fingerprint density at radius 1 is 0.596 bits per heavy atom. The summed E-state index contributed by atoms with van der Waals surface area (Å²) in [6.07, 6.45) is 9.23. The number of benzene rings is 4. The first-order valence-corrected chi connectivity index (χ1v) is 23.5. The zero-order chi connectivity index (χ0) is 36.6. The SMILES string of the molecule is CC(C)(C)c1cc2c(cc1C(C)(C)C)-c1cc(C(C)(C)C)c(C(C)(C)C)[c]([Zr]([C]3=CC=CC3)=[C](c3cccc(Br)c3)c3cccc(Br)c3)c1C2.Cl.Cl. The summed E-state index contributed by atoms with van der Waals surface area (Å²) in [5, 5.41) is 0. The van der Waals surface area contributed by atoms with Gasteiger partial charge in [0.1, 0.15) is 0 Å². The standard InChI is InChI=1S/C29H41.C13H8Br2.C5H5.2ClH.Zr/c1-26(2,3)22-14-18-13-19-15-23(27(4,5)6)25(29(10,11)12)17-21(19)20(18)16-24(22)28(7,8)9;14-12-5-1-3-10(8-12)7-11-4-2-6-13(15)9-11;1-2-4-5-3-1;;;/h14,16-17H,13H2,1-12H3;1-6,8-9H;1-3H,4H2;2*1H;. The molecule has 6 rings (SSSR count). The molecule has 5 heteroatoms. The molecule has 0 N–H and O–H groups in total. The Morgan fingerprint density at radius 3 is 1.54 bits per heavy atom. The third-order valence-corrected chi connectivity index (χ3v) is 19.0. The van der Waals surface area contributed by atoms with Gasteiger partial charge >= 0.3 is 330 Å². The summed E-state index contributed by atoms with van der Waals surface area (Å²) in [6.45, 7) is 29.0. The van der Waals surface area contributed by atoms with E-state index >= 15 is 0 Å². The van der Waals surface area contributed by atoms with Crippen molar-refractivity contribution in [2.24, 2.45) is 0 Å². The predicted octanol–water partition coefficient (Wildman–Crippen LogP) is 14.2. The van der Waals surface area contributed by atoms with E-state index in [2.05, 4.69) is 200 Å². The van der Waals surface area contributed by atoms with Crippen LogP contribution in [0.25, 0.3) is 11.1 Å². The van der Waals surface area contributed by atoms with Crippen molar-refractivity contribution in [3.8, 4) is 11.1 Å². The van der Waals surface area contributed by atoms with Gasteiger partial charge in [-0.05, 0) is 0 Å². The van der Waals surface area contributed by atoms with Crippen LogP contribution in [-0.4, -0.2) is 3.21 Å². The minimum absolute atomic E-state index is 0. The fourth-order valence-electron chi connectivity index (χ4n) is 8.09. The average Bonchev–Trinajstić information content (AvgIpc) is 3.64. The van der Waals surface area contributed by atoms with Crippen LogP contribution in [0.4, 0.5) is 0 Å². The second-order valence-corrected chi connectivity index (χ2v) is 26.2. The molecule has 52 heavy (non-hydrogen) atoms. The first kappa shape index (κ1) is 43.4. The van der Waals surface area contributed by atoms with E-state index in [0.717, 1.165) is 21.8 Å². The fraction of sp³-hybridized carbons (Fsp3) is 0.383. The van der Waals surface area contributed by atoms with Gasteiger partial charge in [-0.3, -0.25) is 0 Å². The van der Waals surface area contributed by atoms with Crippen molar-refractivity contribution in [1.29, 1.82) is 0 Å². The molecular weight excluding hydrogens is 886 g/mol. The van der Waals surface area contributed by atoms with Crippen LogP contribution >= 0.6 is 56.7 Å². The van der Waals surface area contributed by atoms with Crippen molar-refractivity contribution in [2.75, 3.05) is 0 Å². The predicted molar refractivity (Wildman–Crippen MR) is 237 cm³/mol. The molecule has 0 radical (unpaired) electrons. The van der Waals surface area contributed by atoms with Gasteiger partial charge in [-0.2, -0.15) is 0 Å².